The number of ether oxygens (including phenoxy) is 1. The summed E-state index contributed by atoms with van der Waals surface area (Å²) in [6, 6.07) is 8.75. The molecule has 0 aliphatic heterocycles. The molecule has 0 aliphatic rings. The first-order valence-electron chi connectivity index (χ1n) is 6.95. The summed E-state index contributed by atoms with van der Waals surface area (Å²) >= 11 is 0. The van der Waals surface area contributed by atoms with Gasteiger partial charge in [-0.3, -0.25) is 0 Å². The lowest BCUT2D eigenvalue weighted by Gasteiger charge is -2.19. The maximum atomic E-state index is 14.0. The Morgan fingerprint density at radius 2 is 1.95 bits per heavy atom. The van der Waals surface area contributed by atoms with E-state index in [2.05, 4.69) is 25.8 Å². The van der Waals surface area contributed by atoms with Gasteiger partial charge < -0.3 is 10.5 Å². The third kappa shape index (κ3) is 3.58. The molecular formula is C17H21FN2O. The summed E-state index contributed by atoms with van der Waals surface area (Å²) in [5.74, 6) is 0.179. The van der Waals surface area contributed by atoms with Crippen LogP contribution in [0, 0.1) is 12.7 Å². The van der Waals surface area contributed by atoms with Gasteiger partial charge in [-0.1, -0.05) is 32.9 Å². The number of aryl methyl sites for hydroxylation is 1. The van der Waals surface area contributed by atoms with Gasteiger partial charge in [0.2, 0.25) is 5.88 Å². The van der Waals surface area contributed by atoms with Crippen LogP contribution in [0.4, 0.5) is 4.39 Å². The molecular weight excluding hydrogens is 267 g/mol. The van der Waals surface area contributed by atoms with Crippen LogP contribution in [0.2, 0.25) is 0 Å². The van der Waals surface area contributed by atoms with Crippen LogP contribution in [0.25, 0.3) is 0 Å². The molecule has 0 saturated carbocycles. The average molecular weight is 288 g/mol. The van der Waals surface area contributed by atoms with Crippen LogP contribution in [0.15, 0.2) is 30.3 Å². The normalized spacial score (nSPS) is 11.5. The third-order valence-electron chi connectivity index (χ3n) is 3.24. The first kappa shape index (κ1) is 15.4. The predicted octanol–water partition coefficient (Wildman–Crippen LogP) is 4.08. The Kier molecular flexibility index (Phi) is 4.28. The number of hydrogen-bond donors (Lipinski definition) is 1. The highest BCUT2D eigenvalue weighted by atomic mass is 19.1. The lowest BCUT2D eigenvalue weighted by atomic mass is 9.91. The second kappa shape index (κ2) is 5.82. The Hall–Kier alpha value is -1.94. The summed E-state index contributed by atoms with van der Waals surface area (Å²) in [4.78, 5) is 4.47. The highest BCUT2D eigenvalue weighted by Gasteiger charge is 2.18. The van der Waals surface area contributed by atoms with E-state index in [1.807, 2.05) is 6.07 Å². The number of hydrogen-bond acceptors (Lipinski definition) is 3. The van der Waals surface area contributed by atoms with E-state index in [4.69, 9.17) is 10.5 Å². The highest BCUT2D eigenvalue weighted by molar-refractivity contribution is 5.35. The number of benzene rings is 1. The Labute approximate surface area is 125 Å². The lowest BCUT2D eigenvalue weighted by Crippen LogP contribution is -2.15. The molecule has 0 bridgehead atoms. The topological polar surface area (TPSA) is 48.1 Å². The SMILES string of the molecule is Cc1cccc(Oc2cc(CN)cc(C(C)(C)C)n2)c1F. The smallest absolute Gasteiger partial charge is 0.219 e. The second-order valence-electron chi connectivity index (χ2n) is 6.14. The van der Waals surface area contributed by atoms with Crippen molar-refractivity contribution in [2.45, 2.75) is 39.7 Å². The number of halogens is 1. The van der Waals surface area contributed by atoms with Gasteiger partial charge in [-0.2, -0.15) is 0 Å². The fourth-order valence-electron chi connectivity index (χ4n) is 1.93. The molecule has 1 heterocycles. The molecule has 0 fully saturated rings. The fraction of sp³-hybridized carbons (Fsp3) is 0.353. The van der Waals surface area contributed by atoms with Gasteiger partial charge in [0.15, 0.2) is 11.6 Å². The van der Waals surface area contributed by atoms with Gasteiger partial charge >= 0.3 is 0 Å². The lowest BCUT2D eigenvalue weighted by molar-refractivity contribution is 0.418. The van der Waals surface area contributed by atoms with E-state index in [0.29, 0.717) is 18.0 Å². The van der Waals surface area contributed by atoms with Crippen molar-refractivity contribution in [1.29, 1.82) is 0 Å². The van der Waals surface area contributed by atoms with Gasteiger partial charge in [0.1, 0.15) is 0 Å². The molecule has 4 heteroatoms. The quantitative estimate of drug-likeness (QED) is 0.925. The number of rotatable bonds is 3. The fourth-order valence-corrected chi connectivity index (χ4v) is 1.93. The number of nitrogens with zero attached hydrogens (tertiary/aromatic N) is 1. The monoisotopic (exact) mass is 288 g/mol. The Balaban J connectivity index is 2.42. The van der Waals surface area contributed by atoms with Gasteiger partial charge in [-0.05, 0) is 30.2 Å². The van der Waals surface area contributed by atoms with Crippen LogP contribution in [0.1, 0.15) is 37.6 Å². The Bertz CT molecular complexity index is 648. The van der Waals surface area contributed by atoms with Crippen molar-refractivity contribution >= 4 is 0 Å². The predicted molar refractivity (Wildman–Crippen MR) is 82.0 cm³/mol. The summed E-state index contributed by atoms with van der Waals surface area (Å²) in [6.45, 7) is 8.27. The van der Waals surface area contributed by atoms with Crippen LogP contribution >= 0.6 is 0 Å². The van der Waals surface area contributed by atoms with Gasteiger partial charge in [0.05, 0.1) is 5.69 Å². The van der Waals surface area contributed by atoms with Crippen LogP contribution in [0.3, 0.4) is 0 Å². The number of nitrogens with two attached hydrogens (primary N) is 1. The van der Waals surface area contributed by atoms with Gasteiger partial charge in [-0.15, -0.1) is 0 Å². The average Bonchev–Trinajstić information content (AvgIpc) is 2.42. The van der Waals surface area contributed by atoms with Gasteiger partial charge in [0, 0.05) is 18.0 Å². The molecule has 1 aromatic carbocycles. The molecule has 0 radical (unpaired) electrons. The van der Waals surface area contributed by atoms with Crippen molar-refractivity contribution in [3.8, 4) is 11.6 Å². The molecule has 112 valence electrons. The van der Waals surface area contributed by atoms with E-state index in [1.54, 1.807) is 31.2 Å². The molecule has 0 aliphatic carbocycles. The van der Waals surface area contributed by atoms with E-state index in [0.717, 1.165) is 11.3 Å². The Morgan fingerprint density at radius 1 is 1.24 bits per heavy atom. The van der Waals surface area contributed by atoms with Gasteiger partial charge in [0.25, 0.3) is 0 Å². The minimum absolute atomic E-state index is 0.131. The van der Waals surface area contributed by atoms with Gasteiger partial charge in [-0.25, -0.2) is 9.37 Å². The van der Waals surface area contributed by atoms with Crippen molar-refractivity contribution in [2.24, 2.45) is 5.73 Å². The minimum Gasteiger partial charge on any atom is -0.436 e. The maximum Gasteiger partial charge on any atom is 0.219 e. The first-order valence-corrected chi connectivity index (χ1v) is 6.95. The molecule has 1 aromatic heterocycles. The standard InChI is InChI=1S/C17H21FN2O/c1-11-6-5-7-13(16(11)18)21-15-9-12(10-19)8-14(20-15)17(2,3)4/h5-9H,10,19H2,1-4H3. The van der Waals surface area contributed by atoms with Crippen LogP contribution in [0.5, 0.6) is 11.6 Å². The second-order valence-corrected chi connectivity index (χ2v) is 6.14. The molecule has 0 saturated heterocycles. The zero-order valence-corrected chi connectivity index (χ0v) is 12.9. The van der Waals surface area contributed by atoms with Crippen LogP contribution in [-0.2, 0) is 12.0 Å². The third-order valence-corrected chi connectivity index (χ3v) is 3.24. The summed E-state index contributed by atoms with van der Waals surface area (Å²) in [5.41, 5.74) is 7.91. The van der Waals surface area contributed by atoms with Crippen molar-refractivity contribution in [3.05, 3.63) is 53.0 Å². The summed E-state index contributed by atoms with van der Waals surface area (Å²) in [6.07, 6.45) is 0. The number of pyridine rings is 1. The molecule has 21 heavy (non-hydrogen) atoms. The Morgan fingerprint density at radius 3 is 2.57 bits per heavy atom. The zero-order valence-electron chi connectivity index (χ0n) is 12.9. The highest BCUT2D eigenvalue weighted by Crippen LogP contribution is 2.28. The zero-order chi connectivity index (χ0) is 15.6. The summed E-state index contributed by atoms with van der Waals surface area (Å²) in [5, 5.41) is 0. The first-order chi connectivity index (χ1) is 9.81. The van der Waals surface area contributed by atoms with Crippen molar-refractivity contribution in [2.75, 3.05) is 0 Å². The van der Waals surface area contributed by atoms with E-state index in [-0.39, 0.29) is 17.0 Å². The van der Waals surface area contributed by atoms with Crippen molar-refractivity contribution in [3.63, 3.8) is 0 Å². The molecule has 3 nitrogen and oxygen atoms in total. The molecule has 0 amide bonds. The summed E-state index contributed by atoms with van der Waals surface area (Å²) < 4.78 is 19.7. The molecule has 0 atom stereocenters. The maximum absolute atomic E-state index is 14.0. The molecule has 0 spiro atoms. The van der Waals surface area contributed by atoms with Crippen LogP contribution in [-0.4, -0.2) is 4.98 Å². The van der Waals surface area contributed by atoms with E-state index < -0.39 is 0 Å². The van der Waals surface area contributed by atoms with E-state index >= 15 is 0 Å². The largest absolute Gasteiger partial charge is 0.436 e. The molecule has 2 rings (SSSR count). The van der Waals surface area contributed by atoms with Crippen molar-refractivity contribution < 1.29 is 9.13 Å². The van der Waals surface area contributed by atoms with E-state index in [1.165, 1.54) is 0 Å². The molecule has 2 aromatic rings. The summed E-state index contributed by atoms with van der Waals surface area (Å²) in [7, 11) is 0. The number of aromatic nitrogens is 1. The van der Waals surface area contributed by atoms with E-state index in [9.17, 15) is 4.39 Å². The molecule has 2 N–H and O–H groups in total. The minimum atomic E-state index is -0.366. The van der Waals surface area contributed by atoms with Crippen molar-refractivity contribution in [1.82, 2.24) is 4.98 Å². The molecule has 0 unspecified atom stereocenters. The van der Waals surface area contributed by atoms with Crippen LogP contribution < -0.4 is 10.5 Å².